The van der Waals surface area contributed by atoms with Crippen LogP contribution in [0.2, 0.25) is 0 Å². The lowest BCUT2D eigenvalue weighted by Gasteiger charge is -2.16. The number of hydrogen-bond donors (Lipinski definition) is 1. The molecule has 0 fully saturated rings. The third-order valence-electron chi connectivity index (χ3n) is 4.90. The molecule has 2 aromatic rings. The molecule has 0 saturated carbocycles. The Balaban J connectivity index is 1.75. The molecule has 1 aliphatic rings. The number of rotatable bonds is 11. The van der Waals surface area contributed by atoms with Crippen molar-refractivity contribution in [2.24, 2.45) is 0 Å². The van der Waals surface area contributed by atoms with Crippen LogP contribution in [0.3, 0.4) is 0 Å². The van der Waals surface area contributed by atoms with Gasteiger partial charge in [-0.15, -0.1) is 11.3 Å². The third kappa shape index (κ3) is 5.09. The molecule has 1 aromatic heterocycles. The molecule has 2 amide bonds. The molecule has 3 rings (SSSR count). The van der Waals surface area contributed by atoms with E-state index < -0.39 is 0 Å². The number of ether oxygens (including phenoxy) is 1. The van der Waals surface area contributed by atoms with Gasteiger partial charge in [0.25, 0.3) is 11.8 Å². The summed E-state index contributed by atoms with van der Waals surface area (Å²) >= 11 is 1.46. The van der Waals surface area contributed by atoms with Gasteiger partial charge in [0.2, 0.25) is 0 Å². The number of nitrogens with zero attached hydrogens (tertiary/aromatic N) is 2. The first kappa shape index (κ1) is 22.1. The summed E-state index contributed by atoms with van der Waals surface area (Å²) in [5.41, 5.74) is 2.62. The van der Waals surface area contributed by atoms with Crippen LogP contribution in [0.5, 0.6) is 0 Å². The Morgan fingerprint density at radius 2 is 1.77 bits per heavy atom. The fraction of sp³-hybridized carbons (Fsp3) is 0.391. The van der Waals surface area contributed by atoms with E-state index in [1.165, 1.54) is 16.2 Å². The molecule has 0 saturated heterocycles. The van der Waals surface area contributed by atoms with Crippen LogP contribution in [0.25, 0.3) is 5.57 Å². The smallest absolute Gasteiger partial charge is 0.278 e. The number of amides is 2. The minimum atomic E-state index is -0.284. The minimum Gasteiger partial charge on any atom is -0.381 e. The Morgan fingerprint density at radius 1 is 1.03 bits per heavy atom. The number of anilines is 2. The molecule has 1 aromatic carbocycles. The van der Waals surface area contributed by atoms with Crippen molar-refractivity contribution < 1.29 is 14.3 Å². The number of carbonyl (C=O) groups excluding carboxylic acids is 2. The van der Waals surface area contributed by atoms with Crippen molar-refractivity contribution >= 4 is 40.1 Å². The van der Waals surface area contributed by atoms with Crippen LogP contribution >= 0.6 is 11.3 Å². The summed E-state index contributed by atoms with van der Waals surface area (Å²) in [6.07, 6.45) is 2.73. The van der Waals surface area contributed by atoms with E-state index in [9.17, 15) is 9.59 Å². The molecule has 7 heteroatoms. The highest BCUT2D eigenvalue weighted by Crippen LogP contribution is 2.33. The zero-order chi connectivity index (χ0) is 21.5. The van der Waals surface area contributed by atoms with E-state index in [0.717, 1.165) is 29.1 Å². The van der Waals surface area contributed by atoms with Crippen LogP contribution in [0.1, 0.15) is 31.1 Å². The molecule has 0 atom stereocenters. The van der Waals surface area contributed by atoms with Gasteiger partial charge in [0, 0.05) is 50.1 Å². The molecular weight excluding hydrogens is 398 g/mol. The van der Waals surface area contributed by atoms with Crippen LogP contribution in [0.4, 0.5) is 11.4 Å². The lowest BCUT2D eigenvalue weighted by molar-refractivity contribution is -0.137. The highest BCUT2D eigenvalue weighted by molar-refractivity contribution is 7.11. The molecule has 2 heterocycles. The van der Waals surface area contributed by atoms with Crippen molar-refractivity contribution in [3.8, 4) is 0 Å². The van der Waals surface area contributed by atoms with E-state index in [1.807, 2.05) is 60.8 Å². The molecule has 0 aliphatic carbocycles. The maximum atomic E-state index is 13.1. The predicted octanol–water partition coefficient (Wildman–Crippen LogP) is 4.21. The van der Waals surface area contributed by atoms with E-state index in [-0.39, 0.29) is 11.8 Å². The van der Waals surface area contributed by atoms with Crippen molar-refractivity contribution in [3.05, 3.63) is 52.4 Å². The zero-order valence-electron chi connectivity index (χ0n) is 17.8. The molecular formula is C23H29N3O3S. The Labute approximate surface area is 182 Å². The largest absolute Gasteiger partial charge is 0.381 e. The van der Waals surface area contributed by atoms with Gasteiger partial charge in [-0.05, 0) is 48.6 Å². The molecule has 0 unspecified atom stereocenters. The maximum Gasteiger partial charge on any atom is 0.278 e. The predicted molar refractivity (Wildman–Crippen MR) is 123 cm³/mol. The van der Waals surface area contributed by atoms with Crippen LogP contribution in [0, 0.1) is 0 Å². The Morgan fingerprint density at radius 3 is 2.40 bits per heavy atom. The van der Waals surface area contributed by atoms with Crippen LogP contribution < -0.4 is 10.2 Å². The SMILES string of the molecule is CCCCOCCCN1C(=O)C(Nc2ccc(N(C)C)cc2)=C(c2cccs2)C1=O. The lowest BCUT2D eigenvalue weighted by atomic mass is 10.2. The third-order valence-corrected chi connectivity index (χ3v) is 5.79. The van der Waals surface area contributed by atoms with Crippen molar-refractivity contribution in [1.29, 1.82) is 0 Å². The molecule has 6 nitrogen and oxygen atoms in total. The Bertz CT molecular complexity index is 889. The van der Waals surface area contributed by atoms with Crippen LogP contribution in [-0.4, -0.2) is 50.6 Å². The van der Waals surface area contributed by atoms with Gasteiger partial charge in [-0.25, -0.2) is 0 Å². The molecule has 1 N–H and O–H groups in total. The van der Waals surface area contributed by atoms with Crippen molar-refractivity contribution in [1.82, 2.24) is 4.90 Å². The quantitative estimate of drug-likeness (QED) is 0.430. The first-order valence-electron chi connectivity index (χ1n) is 10.3. The number of carbonyl (C=O) groups is 2. The molecule has 30 heavy (non-hydrogen) atoms. The summed E-state index contributed by atoms with van der Waals surface area (Å²) in [6, 6.07) is 11.5. The van der Waals surface area contributed by atoms with Gasteiger partial charge >= 0.3 is 0 Å². The van der Waals surface area contributed by atoms with Crippen molar-refractivity contribution in [2.75, 3.05) is 44.1 Å². The second-order valence-corrected chi connectivity index (χ2v) is 8.32. The number of hydrogen-bond acceptors (Lipinski definition) is 6. The van der Waals surface area contributed by atoms with Crippen molar-refractivity contribution in [3.63, 3.8) is 0 Å². The van der Waals surface area contributed by atoms with Gasteiger partial charge in [0.1, 0.15) is 5.70 Å². The summed E-state index contributed by atoms with van der Waals surface area (Å²) in [5.74, 6) is -0.530. The molecule has 0 spiro atoms. The van der Waals surface area contributed by atoms with Crippen LogP contribution in [0.15, 0.2) is 47.5 Å². The minimum absolute atomic E-state index is 0.247. The second kappa shape index (κ2) is 10.4. The fourth-order valence-corrected chi connectivity index (χ4v) is 3.97. The number of benzene rings is 1. The highest BCUT2D eigenvalue weighted by atomic mass is 32.1. The lowest BCUT2D eigenvalue weighted by Crippen LogP contribution is -2.34. The summed E-state index contributed by atoms with van der Waals surface area (Å²) in [5, 5.41) is 5.11. The van der Waals surface area contributed by atoms with E-state index in [2.05, 4.69) is 12.2 Å². The summed E-state index contributed by atoms with van der Waals surface area (Å²) in [6.45, 7) is 3.72. The number of imide groups is 1. The zero-order valence-corrected chi connectivity index (χ0v) is 18.6. The van der Waals surface area contributed by atoms with Gasteiger partial charge in [0.05, 0.1) is 5.57 Å². The van der Waals surface area contributed by atoms with Gasteiger partial charge < -0.3 is 15.0 Å². The van der Waals surface area contributed by atoms with Crippen LogP contribution in [-0.2, 0) is 14.3 Å². The summed E-state index contributed by atoms with van der Waals surface area (Å²) < 4.78 is 5.58. The molecule has 1 aliphatic heterocycles. The van der Waals surface area contributed by atoms with Gasteiger partial charge in [-0.3, -0.25) is 14.5 Å². The summed E-state index contributed by atoms with van der Waals surface area (Å²) in [4.78, 5) is 30.3. The monoisotopic (exact) mass is 427 g/mol. The number of thiophene rings is 1. The Kier molecular flexibility index (Phi) is 7.65. The topological polar surface area (TPSA) is 61.9 Å². The van der Waals surface area contributed by atoms with Gasteiger partial charge in [-0.2, -0.15) is 0 Å². The average molecular weight is 428 g/mol. The first-order valence-corrected chi connectivity index (χ1v) is 11.2. The first-order chi connectivity index (χ1) is 14.5. The average Bonchev–Trinajstić information content (AvgIpc) is 3.33. The highest BCUT2D eigenvalue weighted by Gasteiger charge is 2.39. The van der Waals surface area contributed by atoms with E-state index in [4.69, 9.17) is 4.74 Å². The maximum absolute atomic E-state index is 13.1. The Hall–Kier alpha value is -2.64. The second-order valence-electron chi connectivity index (χ2n) is 7.38. The van der Waals surface area contributed by atoms with Gasteiger partial charge in [0.15, 0.2) is 0 Å². The molecule has 0 radical (unpaired) electrons. The standard InChI is InChI=1S/C23H29N3O3S/c1-4-5-14-29-15-7-13-26-22(27)20(19-8-6-16-30-19)21(23(26)28)24-17-9-11-18(12-10-17)25(2)3/h6,8-12,16,24H,4-5,7,13-15H2,1-3H3. The van der Waals surface area contributed by atoms with E-state index in [1.54, 1.807) is 0 Å². The van der Waals surface area contributed by atoms with E-state index in [0.29, 0.717) is 37.4 Å². The number of unbranched alkanes of at least 4 members (excludes halogenated alkanes) is 1. The fourth-order valence-electron chi connectivity index (χ4n) is 3.20. The van der Waals surface area contributed by atoms with E-state index >= 15 is 0 Å². The van der Waals surface area contributed by atoms with Gasteiger partial charge in [-0.1, -0.05) is 19.4 Å². The normalized spacial score (nSPS) is 14.0. The summed E-state index contributed by atoms with van der Waals surface area (Å²) in [7, 11) is 3.95. The number of nitrogens with one attached hydrogen (secondary N) is 1. The van der Waals surface area contributed by atoms with Crippen molar-refractivity contribution in [2.45, 2.75) is 26.2 Å². The molecule has 0 bridgehead atoms. The molecule has 160 valence electrons.